The van der Waals surface area contributed by atoms with E-state index >= 15 is 0 Å². The van der Waals surface area contributed by atoms with Crippen LogP contribution < -0.4 is 0 Å². The van der Waals surface area contributed by atoms with Crippen LogP contribution in [0.15, 0.2) is 59.2 Å². The Hall–Kier alpha value is -1.56. The van der Waals surface area contributed by atoms with Gasteiger partial charge in [0, 0.05) is 0 Å². The van der Waals surface area contributed by atoms with Crippen molar-refractivity contribution in [3.05, 3.63) is 64.8 Å². The molecule has 1 unspecified atom stereocenters. The summed E-state index contributed by atoms with van der Waals surface area (Å²) in [4.78, 5) is 0. The van der Waals surface area contributed by atoms with Gasteiger partial charge in [-0.1, -0.05) is 61.1 Å². The molecule has 0 heteroatoms. The molecule has 0 spiro atoms. The van der Waals surface area contributed by atoms with Crippen LogP contribution in [0.3, 0.4) is 0 Å². The second-order valence-corrected chi connectivity index (χ2v) is 4.54. The highest BCUT2D eigenvalue weighted by molar-refractivity contribution is 5.61. The van der Waals surface area contributed by atoms with Gasteiger partial charge in [-0.3, -0.25) is 0 Å². The van der Waals surface area contributed by atoms with E-state index in [2.05, 4.69) is 69.3 Å². The Labute approximate surface area is 98.0 Å². The third-order valence-electron chi connectivity index (χ3n) is 3.02. The molecule has 82 valence electrons. The smallest absolute Gasteiger partial charge is 0.000189 e. The van der Waals surface area contributed by atoms with Crippen molar-refractivity contribution in [2.45, 2.75) is 20.8 Å². The van der Waals surface area contributed by atoms with E-state index in [1.165, 1.54) is 22.3 Å². The highest BCUT2D eigenvalue weighted by Crippen LogP contribution is 2.29. The highest BCUT2D eigenvalue weighted by atomic mass is 14.2. The molecule has 0 saturated heterocycles. The molecular weight excluding hydrogens is 192 g/mol. The molecule has 1 aliphatic carbocycles. The topological polar surface area (TPSA) is 0 Å². The molecule has 0 nitrogen and oxygen atoms in total. The number of allylic oxidation sites excluding steroid dienone is 5. The van der Waals surface area contributed by atoms with Gasteiger partial charge in [-0.2, -0.15) is 0 Å². The molecule has 0 heterocycles. The van der Waals surface area contributed by atoms with Crippen molar-refractivity contribution >= 4 is 6.08 Å². The lowest BCUT2D eigenvalue weighted by atomic mass is 9.86. The van der Waals surface area contributed by atoms with Gasteiger partial charge in [0.1, 0.15) is 0 Å². The third-order valence-corrected chi connectivity index (χ3v) is 3.02. The van der Waals surface area contributed by atoms with E-state index in [1.54, 1.807) is 0 Å². The van der Waals surface area contributed by atoms with E-state index in [0.29, 0.717) is 5.92 Å². The van der Waals surface area contributed by atoms with Gasteiger partial charge in [-0.05, 0) is 36.5 Å². The van der Waals surface area contributed by atoms with Crippen LogP contribution in [0.2, 0.25) is 0 Å². The normalized spacial score (nSPS) is 22.9. The van der Waals surface area contributed by atoms with Gasteiger partial charge in [-0.15, -0.1) is 0 Å². The van der Waals surface area contributed by atoms with Gasteiger partial charge in [0.15, 0.2) is 0 Å². The summed E-state index contributed by atoms with van der Waals surface area (Å²) in [6.07, 6.45) is 6.87. The molecule has 0 saturated carbocycles. The molecule has 0 aliphatic heterocycles. The Bertz CT molecular complexity index is 458. The van der Waals surface area contributed by atoms with Crippen LogP contribution >= 0.6 is 0 Å². The fraction of sp³-hybridized carbons (Fsp3) is 0.250. The van der Waals surface area contributed by atoms with E-state index < -0.39 is 0 Å². The Morgan fingerprint density at radius 2 is 1.75 bits per heavy atom. The molecule has 0 fully saturated rings. The van der Waals surface area contributed by atoms with Crippen LogP contribution in [-0.2, 0) is 0 Å². The fourth-order valence-corrected chi connectivity index (χ4v) is 2.29. The lowest BCUT2D eigenvalue weighted by Gasteiger charge is -2.19. The maximum absolute atomic E-state index is 2.32. The molecule has 0 aromatic heterocycles. The van der Waals surface area contributed by atoms with E-state index in [0.717, 1.165) is 0 Å². The van der Waals surface area contributed by atoms with Crippen molar-refractivity contribution in [3.8, 4) is 0 Å². The Kier molecular flexibility index (Phi) is 3.09. The summed E-state index contributed by atoms with van der Waals surface area (Å²) in [6, 6.07) is 10.5. The van der Waals surface area contributed by atoms with Crippen molar-refractivity contribution < 1.29 is 0 Å². The monoisotopic (exact) mass is 210 g/mol. The van der Waals surface area contributed by atoms with Crippen molar-refractivity contribution in [3.63, 3.8) is 0 Å². The van der Waals surface area contributed by atoms with E-state index in [-0.39, 0.29) is 0 Å². The number of benzene rings is 1. The minimum absolute atomic E-state index is 0.519. The zero-order valence-corrected chi connectivity index (χ0v) is 10.2. The summed E-state index contributed by atoms with van der Waals surface area (Å²) in [5.41, 5.74) is 5.47. The van der Waals surface area contributed by atoms with Crippen LogP contribution in [0.4, 0.5) is 0 Å². The first kappa shape index (κ1) is 10.9. The quantitative estimate of drug-likeness (QED) is 0.635. The molecule has 0 N–H and O–H groups in total. The standard InChI is InChI=1S/C16H18/c1-12-9-13(2)16(14(3)10-12)11-15-7-5-4-6-8-15/h4-11,13H,1-3H3. The molecule has 1 aromatic rings. The number of rotatable bonds is 1. The number of hydrogen-bond donors (Lipinski definition) is 0. The molecule has 1 atom stereocenters. The first-order valence-electron chi connectivity index (χ1n) is 5.80. The third kappa shape index (κ3) is 2.33. The van der Waals surface area contributed by atoms with Gasteiger partial charge >= 0.3 is 0 Å². The van der Waals surface area contributed by atoms with Crippen molar-refractivity contribution in [2.75, 3.05) is 0 Å². The average Bonchev–Trinajstić information content (AvgIpc) is 2.25. The lowest BCUT2D eigenvalue weighted by Crippen LogP contribution is -2.03. The minimum atomic E-state index is 0.519. The molecule has 0 bridgehead atoms. The largest absolute Gasteiger partial charge is 0.0743 e. The summed E-state index contributed by atoms with van der Waals surface area (Å²) in [5, 5.41) is 0. The molecule has 1 aliphatic rings. The lowest BCUT2D eigenvalue weighted by molar-refractivity contribution is 0.857. The van der Waals surface area contributed by atoms with Gasteiger partial charge in [0.2, 0.25) is 0 Å². The maximum Gasteiger partial charge on any atom is -0.000189 e. The Morgan fingerprint density at radius 1 is 1.06 bits per heavy atom. The van der Waals surface area contributed by atoms with Crippen LogP contribution in [0.1, 0.15) is 26.3 Å². The van der Waals surface area contributed by atoms with Crippen LogP contribution in [0.25, 0.3) is 6.08 Å². The van der Waals surface area contributed by atoms with E-state index in [4.69, 9.17) is 0 Å². The zero-order valence-electron chi connectivity index (χ0n) is 10.2. The van der Waals surface area contributed by atoms with Gasteiger partial charge in [-0.25, -0.2) is 0 Å². The highest BCUT2D eigenvalue weighted by Gasteiger charge is 2.12. The van der Waals surface area contributed by atoms with Gasteiger partial charge in [0.05, 0.1) is 0 Å². The zero-order chi connectivity index (χ0) is 11.5. The number of hydrogen-bond acceptors (Lipinski definition) is 0. The minimum Gasteiger partial charge on any atom is -0.0743 e. The maximum atomic E-state index is 2.32. The predicted octanol–water partition coefficient (Wildman–Crippen LogP) is 4.61. The Balaban J connectivity index is 2.36. The summed E-state index contributed by atoms with van der Waals surface area (Å²) in [6.45, 7) is 6.62. The van der Waals surface area contributed by atoms with Crippen molar-refractivity contribution in [2.24, 2.45) is 5.92 Å². The van der Waals surface area contributed by atoms with Gasteiger partial charge in [0.25, 0.3) is 0 Å². The van der Waals surface area contributed by atoms with Crippen molar-refractivity contribution in [1.82, 2.24) is 0 Å². The molecule has 16 heavy (non-hydrogen) atoms. The van der Waals surface area contributed by atoms with E-state index in [9.17, 15) is 0 Å². The molecule has 0 radical (unpaired) electrons. The summed E-state index contributed by atoms with van der Waals surface area (Å²) >= 11 is 0. The first-order chi connectivity index (χ1) is 7.66. The summed E-state index contributed by atoms with van der Waals surface area (Å²) < 4.78 is 0. The summed E-state index contributed by atoms with van der Waals surface area (Å²) in [7, 11) is 0. The fourth-order valence-electron chi connectivity index (χ4n) is 2.29. The Morgan fingerprint density at radius 3 is 2.38 bits per heavy atom. The predicted molar refractivity (Wildman–Crippen MR) is 71.1 cm³/mol. The van der Waals surface area contributed by atoms with Crippen LogP contribution in [0.5, 0.6) is 0 Å². The molecule has 0 amide bonds. The molecular formula is C16H18. The average molecular weight is 210 g/mol. The second-order valence-electron chi connectivity index (χ2n) is 4.54. The molecule has 1 aromatic carbocycles. The SMILES string of the molecule is CC1=CC(C)C(=Cc2ccccc2)C(C)=C1. The van der Waals surface area contributed by atoms with Gasteiger partial charge < -0.3 is 0 Å². The second kappa shape index (κ2) is 4.52. The van der Waals surface area contributed by atoms with Crippen LogP contribution in [-0.4, -0.2) is 0 Å². The van der Waals surface area contributed by atoms with E-state index in [1.807, 2.05) is 0 Å². The summed E-state index contributed by atoms with van der Waals surface area (Å²) in [5.74, 6) is 0.519. The van der Waals surface area contributed by atoms with Crippen molar-refractivity contribution in [1.29, 1.82) is 0 Å². The molecule has 2 rings (SSSR count). The first-order valence-corrected chi connectivity index (χ1v) is 5.80. The van der Waals surface area contributed by atoms with Crippen LogP contribution in [0, 0.1) is 5.92 Å².